The Labute approximate surface area is 96.6 Å². The van der Waals surface area contributed by atoms with E-state index in [0.29, 0.717) is 0 Å². The molecule has 16 heavy (non-hydrogen) atoms. The standard InChI is InChI=1S/C14H15NO/c1-3-12-8-9-14(16)15(10-12)13-7-5-4-6-11(13)2/h4-10H,3H2,1-2H3/i3D. The van der Waals surface area contributed by atoms with Gasteiger partial charge in [-0.15, -0.1) is 0 Å². The van der Waals surface area contributed by atoms with Crippen LogP contribution in [0.1, 0.15) is 19.4 Å². The largest absolute Gasteiger partial charge is 0.284 e. The van der Waals surface area contributed by atoms with Crippen LogP contribution in [0.4, 0.5) is 0 Å². The van der Waals surface area contributed by atoms with Crippen molar-refractivity contribution < 1.29 is 1.37 Å². The summed E-state index contributed by atoms with van der Waals surface area (Å²) < 4.78 is 9.29. The minimum Gasteiger partial charge on any atom is -0.284 e. The Balaban J connectivity index is 2.63. The molecule has 0 spiro atoms. The van der Waals surface area contributed by atoms with Gasteiger partial charge < -0.3 is 0 Å². The second kappa shape index (κ2) is 4.35. The summed E-state index contributed by atoms with van der Waals surface area (Å²) in [5.41, 5.74) is 2.70. The van der Waals surface area contributed by atoms with Crippen LogP contribution in [-0.4, -0.2) is 4.57 Å². The van der Waals surface area contributed by atoms with E-state index >= 15 is 0 Å². The summed E-state index contributed by atoms with van der Waals surface area (Å²) in [5.74, 6) is 0. The first-order valence-corrected chi connectivity index (χ1v) is 5.30. The maximum absolute atomic E-state index is 11.8. The first kappa shape index (κ1) is 9.40. The van der Waals surface area contributed by atoms with E-state index in [9.17, 15) is 4.79 Å². The van der Waals surface area contributed by atoms with E-state index in [1.807, 2.05) is 31.2 Å². The van der Waals surface area contributed by atoms with Crippen molar-refractivity contribution in [2.45, 2.75) is 20.2 Å². The van der Waals surface area contributed by atoms with Crippen LogP contribution in [0.15, 0.2) is 47.4 Å². The maximum atomic E-state index is 11.8. The summed E-state index contributed by atoms with van der Waals surface area (Å²) in [5, 5.41) is 0. The number of hydrogen-bond acceptors (Lipinski definition) is 1. The highest BCUT2D eigenvalue weighted by molar-refractivity contribution is 5.40. The van der Waals surface area contributed by atoms with Gasteiger partial charge in [-0.3, -0.25) is 9.36 Å². The molecule has 0 saturated carbocycles. The molecule has 1 heterocycles. The summed E-state index contributed by atoms with van der Waals surface area (Å²) in [4.78, 5) is 11.8. The minimum atomic E-state index is -0.328. The van der Waals surface area contributed by atoms with Gasteiger partial charge in [0.05, 0.1) is 5.69 Å². The average molecular weight is 214 g/mol. The van der Waals surface area contributed by atoms with Crippen molar-refractivity contribution in [1.29, 1.82) is 0 Å². The number of pyridine rings is 1. The van der Waals surface area contributed by atoms with E-state index in [1.165, 1.54) is 6.07 Å². The Morgan fingerprint density at radius 2 is 2.00 bits per heavy atom. The number of aryl methyl sites for hydroxylation is 2. The van der Waals surface area contributed by atoms with Gasteiger partial charge >= 0.3 is 0 Å². The fourth-order valence-corrected chi connectivity index (χ4v) is 1.70. The lowest BCUT2D eigenvalue weighted by molar-refractivity contribution is 0.944. The maximum Gasteiger partial charge on any atom is 0.255 e. The van der Waals surface area contributed by atoms with Gasteiger partial charge in [-0.1, -0.05) is 31.2 Å². The molecule has 2 heteroatoms. The van der Waals surface area contributed by atoms with Crippen molar-refractivity contribution >= 4 is 0 Å². The molecule has 0 bridgehead atoms. The zero-order chi connectivity index (χ0) is 12.4. The average Bonchev–Trinajstić information content (AvgIpc) is 2.30. The predicted octanol–water partition coefficient (Wildman–Crippen LogP) is 2.71. The quantitative estimate of drug-likeness (QED) is 0.753. The van der Waals surface area contributed by atoms with Gasteiger partial charge in [0.2, 0.25) is 0 Å². The van der Waals surface area contributed by atoms with Crippen molar-refractivity contribution in [3.63, 3.8) is 0 Å². The van der Waals surface area contributed by atoms with Gasteiger partial charge in [-0.2, -0.15) is 0 Å². The molecule has 0 saturated heterocycles. The van der Waals surface area contributed by atoms with Crippen LogP contribution in [0.3, 0.4) is 0 Å². The van der Waals surface area contributed by atoms with Crippen molar-refractivity contribution in [3.05, 3.63) is 64.1 Å². The van der Waals surface area contributed by atoms with Crippen molar-refractivity contribution in [2.75, 3.05) is 0 Å². The monoisotopic (exact) mass is 214 g/mol. The number of rotatable bonds is 2. The third kappa shape index (κ3) is 1.91. The van der Waals surface area contributed by atoms with Crippen LogP contribution in [0.25, 0.3) is 5.69 Å². The second-order valence-corrected chi connectivity index (χ2v) is 3.75. The summed E-state index contributed by atoms with van der Waals surface area (Å²) in [7, 11) is 0. The van der Waals surface area contributed by atoms with Gasteiger partial charge in [-0.05, 0) is 30.5 Å². The minimum absolute atomic E-state index is 0.0660. The first-order chi connectivity index (χ1) is 8.09. The van der Waals surface area contributed by atoms with E-state index in [1.54, 1.807) is 23.8 Å². The van der Waals surface area contributed by atoms with E-state index in [2.05, 4.69) is 0 Å². The Morgan fingerprint density at radius 3 is 2.69 bits per heavy atom. The Kier molecular flexibility index (Phi) is 2.56. The number of aromatic nitrogens is 1. The van der Waals surface area contributed by atoms with Gasteiger partial charge in [0.1, 0.15) is 0 Å². The second-order valence-electron chi connectivity index (χ2n) is 3.75. The lowest BCUT2D eigenvalue weighted by Crippen LogP contribution is -2.17. The molecule has 0 aliphatic heterocycles. The third-order valence-corrected chi connectivity index (χ3v) is 2.64. The van der Waals surface area contributed by atoms with E-state index in [-0.39, 0.29) is 12.0 Å². The van der Waals surface area contributed by atoms with Crippen molar-refractivity contribution in [1.82, 2.24) is 4.57 Å². The molecule has 0 fully saturated rings. The fraction of sp³-hybridized carbons (Fsp3) is 0.214. The van der Waals surface area contributed by atoms with Gasteiger partial charge in [0, 0.05) is 13.6 Å². The van der Waals surface area contributed by atoms with Gasteiger partial charge in [-0.25, -0.2) is 0 Å². The van der Waals surface area contributed by atoms with E-state index < -0.39 is 0 Å². The van der Waals surface area contributed by atoms with Crippen molar-refractivity contribution in [2.24, 2.45) is 0 Å². The molecule has 2 rings (SSSR count). The highest BCUT2D eigenvalue weighted by atomic mass is 16.1. The molecule has 1 aromatic carbocycles. The first-order valence-electron chi connectivity index (χ1n) is 5.88. The SMILES string of the molecule is [2H]C(C)c1ccc(=O)n(-c2ccccc2C)c1. The molecule has 0 radical (unpaired) electrons. The predicted molar refractivity (Wildman–Crippen MR) is 66.2 cm³/mol. The normalized spacial score (nSPS) is 13.2. The zero-order valence-electron chi connectivity index (χ0n) is 10.5. The van der Waals surface area contributed by atoms with E-state index in [4.69, 9.17) is 1.37 Å². The van der Waals surface area contributed by atoms with Crippen LogP contribution in [-0.2, 0) is 6.40 Å². The number of benzene rings is 1. The molecule has 1 unspecified atom stereocenters. The highest BCUT2D eigenvalue weighted by Crippen LogP contribution is 2.11. The summed E-state index contributed by atoms with van der Waals surface area (Å²) >= 11 is 0. The topological polar surface area (TPSA) is 22.0 Å². The molecular weight excluding hydrogens is 198 g/mol. The number of para-hydroxylation sites is 1. The molecule has 1 aromatic heterocycles. The number of nitrogens with zero attached hydrogens (tertiary/aromatic N) is 1. The Morgan fingerprint density at radius 1 is 1.25 bits per heavy atom. The molecule has 0 aliphatic carbocycles. The molecule has 2 aromatic rings. The molecule has 0 N–H and O–H groups in total. The molecule has 0 amide bonds. The molecular formula is C14H15NO. The van der Waals surface area contributed by atoms with E-state index in [0.717, 1.165) is 16.8 Å². The lowest BCUT2D eigenvalue weighted by Gasteiger charge is -2.09. The zero-order valence-corrected chi connectivity index (χ0v) is 9.47. The Bertz CT molecular complexity index is 587. The summed E-state index contributed by atoms with van der Waals surface area (Å²) in [6, 6.07) is 11.0. The van der Waals surface area contributed by atoms with Crippen LogP contribution >= 0.6 is 0 Å². The van der Waals surface area contributed by atoms with Crippen LogP contribution < -0.4 is 5.56 Å². The fourth-order valence-electron chi connectivity index (χ4n) is 1.70. The van der Waals surface area contributed by atoms with Gasteiger partial charge in [0.25, 0.3) is 5.56 Å². The third-order valence-electron chi connectivity index (χ3n) is 2.64. The smallest absolute Gasteiger partial charge is 0.255 e. The number of hydrogen-bond donors (Lipinski definition) is 0. The molecule has 2 nitrogen and oxygen atoms in total. The summed E-state index contributed by atoms with van der Waals surface area (Å²) in [6.45, 7) is 3.76. The molecule has 0 aliphatic rings. The van der Waals surface area contributed by atoms with Crippen LogP contribution in [0, 0.1) is 6.92 Å². The molecule has 82 valence electrons. The van der Waals surface area contributed by atoms with Crippen molar-refractivity contribution in [3.8, 4) is 5.69 Å². The highest BCUT2D eigenvalue weighted by Gasteiger charge is 2.02. The Hall–Kier alpha value is -1.83. The summed E-state index contributed by atoms with van der Waals surface area (Å²) in [6.07, 6.45) is 1.42. The van der Waals surface area contributed by atoms with Crippen LogP contribution in [0.5, 0.6) is 0 Å². The molecule has 1 atom stereocenters. The lowest BCUT2D eigenvalue weighted by atomic mass is 10.2. The van der Waals surface area contributed by atoms with Gasteiger partial charge in [0.15, 0.2) is 0 Å². The van der Waals surface area contributed by atoms with Crippen LogP contribution in [0.2, 0.25) is 0 Å².